The molecule has 1 saturated heterocycles. The topological polar surface area (TPSA) is 34.6 Å². The van der Waals surface area contributed by atoms with E-state index in [1.54, 1.807) is 11.3 Å². The van der Waals surface area contributed by atoms with Crippen molar-refractivity contribution < 1.29 is 9.47 Å². The number of aryl methyl sites for hydroxylation is 1. The van der Waals surface area contributed by atoms with E-state index in [1.165, 1.54) is 4.70 Å². The lowest BCUT2D eigenvalue weighted by Gasteiger charge is -2.02. The maximum Gasteiger partial charge on any atom is 0.121 e. The summed E-state index contributed by atoms with van der Waals surface area (Å²) in [5.41, 5.74) is 1.02. The van der Waals surface area contributed by atoms with Gasteiger partial charge in [-0.25, -0.2) is 4.98 Å². The van der Waals surface area contributed by atoms with Gasteiger partial charge in [-0.05, 0) is 19.1 Å². The molecule has 1 aromatic carbocycles. The maximum absolute atomic E-state index is 5.59. The molecule has 2 heterocycles. The van der Waals surface area contributed by atoms with Gasteiger partial charge in [0, 0.05) is 6.07 Å². The van der Waals surface area contributed by atoms with Crippen molar-refractivity contribution in [2.45, 2.75) is 13.0 Å². The molecule has 1 unspecified atom stereocenters. The molecule has 1 aromatic heterocycles. The van der Waals surface area contributed by atoms with Gasteiger partial charge < -0.3 is 9.47 Å². The van der Waals surface area contributed by atoms with Crippen molar-refractivity contribution in [3.8, 4) is 5.75 Å². The molecule has 0 spiro atoms. The Labute approximate surface area is 91.7 Å². The van der Waals surface area contributed by atoms with Crippen LogP contribution in [0, 0.1) is 6.92 Å². The quantitative estimate of drug-likeness (QED) is 0.746. The van der Waals surface area contributed by atoms with E-state index >= 15 is 0 Å². The molecular weight excluding hydrogens is 210 g/mol. The van der Waals surface area contributed by atoms with Crippen molar-refractivity contribution in [3.05, 3.63) is 23.2 Å². The highest BCUT2D eigenvalue weighted by atomic mass is 32.1. The SMILES string of the molecule is Cc1nc2cc(OCC3CO3)ccc2s1. The molecule has 1 atom stereocenters. The summed E-state index contributed by atoms with van der Waals surface area (Å²) in [6.07, 6.45) is 0.304. The van der Waals surface area contributed by atoms with E-state index in [0.717, 1.165) is 22.9 Å². The molecule has 0 N–H and O–H groups in total. The minimum Gasteiger partial charge on any atom is -0.491 e. The molecule has 0 bridgehead atoms. The zero-order chi connectivity index (χ0) is 10.3. The summed E-state index contributed by atoms with van der Waals surface area (Å²) >= 11 is 1.71. The minimum atomic E-state index is 0.304. The van der Waals surface area contributed by atoms with Crippen LogP contribution in [-0.2, 0) is 4.74 Å². The van der Waals surface area contributed by atoms with Crippen molar-refractivity contribution in [2.75, 3.05) is 13.2 Å². The van der Waals surface area contributed by atoms with E-state index in [0.29, 0.717) is 12.7 Å². The Balaban J connectivity index is 1.84. The Morgan fingerprint density at radius 3 is 3.27 bits per heavy atom. The molecule has 3 nitrogen and oxygen atoms in total. The molecule has 1 aliphatic rings. The molecule has 3 rings (SSSR count). The van der Waals surface area contributed by atoms with Crippen molar-refractivity contribution in [3.63, 3.8) is 0 Å². The number of benzene rings is 1. The highest BCUT2D eigenvalue weighted by Crippen LogP contribution is 2.26. The van der Waals surface area contributed by atoms with E-state index in [4.69, 9.17) is 9.47 Å². The predicted molar refractivity (Wildman–Crippen MR) is 59.6 cm³/mol. The highest BCUT2D eigenvalue weighted by molar-refractivity contribution is 7.18. The number of hydrogen-bond acceptors (Lipinski definition) is 4. The summed E-state index contributed by atoms with van der Waals surface area (Å²) < 4.78 is 11.9. The average Bonchev–Trinajstić information content (AvgIpc) is 2.96. The summed E-state index contributed by atoms with van der Waals surface area (Å²) in [5.74, 6) is 0.878. The molecule has 4 heteroatoms. The minimum absolute atomic E-state index is 0.304. The molecular formula is C11H11NO2S. The average molecular weight is 221 g/mol. The first kappa shape index (κ1) is 9.12. The summed E-state index contributed by atoms with van der Waals surface area (Å²) in [6, 6.07) is 6.03. The third-order valence-electron chi connectivity index (χ3n) is 2.30. The van der Waals surface area contributed by atoms with Gasteiger partial charge in [-0.2, -0.15) is 0 Å². The van der Waals surface area contributed by atoms with E-state index < -0.39 is 0 Å². The molecule has 15 heavy (non-hydrogen) atoms. The normalized spacial score (nSPS) is 19.4. The monoisotopic (exact) mass is 221 g/mol. The van der Waals surface area contributed by atoms with Gasteiger partial charge in [0.15, 0.2) is 0 Å². The molecule has 78 valence electrons. The zero-order valence-corrected chi connectivity index (χ0v) is 9.21. The van der Waals surface area contributed by atoms with Crippen molar-refractivity contribution in [1.29, 1.82) is 0 Å². The van der Waals surface area contributed by atoms with E-state index in [-0.39, 0.29) is 0 Å². The van der Waals surface area contributed by atoms with Crippen molar-refractivity contribution in [2.24, 2.45) is 0 Å². The van der Waals surface area contributed by atoms with Gasteiger partial charge in [-0.1, -0.05) is 0 Å². The van der Waals surface area contributed by atoms with Crippen LogP contribution in [0.3, 0.4) is 0 Å². The fraction of sp³-hybridized carbons (Fsp3) is 0.364. The van der Waals surface area contributed by atoms with Crippen molar-refractivity contribution >= 4 is 21.6 Å². The molecule has 0 amide bonds. The maximum atomic E-state index is 5.59. The van der Waals surface area contributed by atoms with Crippen LogP contribution in [-0.4, -0.2) is 24.3 Å². The second-order valence-corrected chi connectivity index (χ2v) is 4.86. The highest BCUT2D eigenvalue weighted by Gasteiger charge is 2.23. The molecule has 0 radical (unpaired) electrons. The van der Waals surface area contributed by atoms with Gasteiger partial charge in [0.2, 0.25) is 0 Å². The van der Waals surface area contributed by atoms with Crippen LogP contribution in [0.15, 0.2) is 18.2 Å². The van der Waals surface area contributed by atoms with E-state index in [9.17, 15) is 0 Å². The summed E-state index contributed by atoms with van der Waals surface area (Å²) in [7, 11) is 0. The van der Waals surface area contributed by atoms with Gasteiger partial charge >= 0.3 is 0 Å². The van der Waals surface area contributed by atoms with Crippen LogP contribution in [0.5, 0.6) is 5.75 Å². The van der Waals surface area contributed by atoms with Crippen molar-refractivity contribution in [1.82, 2.24) is 4.98 Å². The predicted octanol–water partition coefficient (Wildman–Crippen LogP) is 2.38. The summed E-state index contributed by atoms with van der Waals surface area (Å²) in [4.78, 5) is 4.42. The van der Waals surface area contributed by atoms with Gasteiger partial charge in [-0.15, -0.1) is 11.3 Å². The van der Waals surface area contributed by atoms with Crippen LogP contribution in [0.2, 0.25) is 0 Å². The number of nitrogens with zero attached hydrogens (tertiary/aromatic N) is 1. The number of rotatable bonds is 3. The first-order chi connectivity index (χ1) is 7.31. The standard InChI is InChI=1S/C11H11NO2S/c1-7-12-10-4-8(2-3-11(10)15-7)13-5-9-6-14-9/h2-4,9H,5-6H2,1H3. The van der Waals surface area contributed by atoms with Crippen LogP contribution < -0.4 is 4.74 Å². The molecule has 2 aromatic rings. The Kier molecular flexibility index (Phi) is 2.11. The third kappa shape index (κ3) is 1.96. The molecule has 0 saturated carbocycles. The lowest BCUT2D eigenvalue weighted by Crippen LogP contribution is -2.03. The van der Waals surface area contributed by atoms with E-state index in [1.807, 2.05) is 19.1 Å². The lowest BCUT2D eigenvalue weighted by atomic mass is 10.3. The Morgan fingerprint density at radius 1 is 1.60 bits per heavy atom. The van der Waals surface area contributed by atoms with Gasteiger partial charge in [0.1, 0.15) is 18.5 Å². The first-order valence-electron chi connectivity index (χ1n) is 4.93. The third-order valence-corrected chi connectivity index (χ3v) is 3.26. The van der Waals surface area contributed by atoms with Crippen LogP contribution in [0.4, 0.5) is 0 Å². The fourth-order valence-corrected chi connectivity index (χ4v) is 2.27. The summed E-state index contributed by atoms with van der Waals surface area (Å²) in [5, 5.41) is 1.09. The number of ether oxygens (including phenoxy) is 2. The largest absolute Gasteiger partial charge is 0.491 e. The number of thiazole rings is 1. The fourth-order valence-electron chi connectivity index (χ4n) is 1.47. The molecule has 1 aliphatic heterocycles. The Hall–Kier alpha value is -1.13. The van der Waals surface area contributed by atoms with Crippen LogP contribution >= 0.6 is 11.3 Å². The molecule has 0 aliphatic carbocycles. The van der Waals surface area contributed by atoms with Gasteiger partial charge in [-0.3, -0.25) is 0 Å². The Morgan fingerprint density at radius 2 is 2.47 bits per heavy atom. The van der Waals surface area contributed by atoms with Gasteiger partial charge in [0.05, 0.1) is 21.8 Å². The lowest BCUT2D eigenvalue weighted by molar-refractivity contribution is 0.263. The second kappa shape index (κ2) is 3.47. The number of fused-ring (bicyclic) bond motifs is 1. The first-order valence-corrected chi connectivity index (χ1v) is 5.74. The summed E-state index contributed by atoms with van der Waals surface area (Å²) in [6.45, 7) is 3.50. The van der Waals surface area contributed by atoms with Gasteiger partial charge in [0.25, 0.3) is 0 Å². The van der Waals surface area contributed by atoms with Crippen LogP contribution in [0.25, 0.3) is 10.2 Å². The molecule has 1 fully saturated rings. The smallest absolute Gasteiger partial charge is 0.121 e. The second-order valence-electron chi connectivity index (χ2n) is 3.63. The van der Waals surface area contributed by atoms with E-state index in [2.05, 4.69) is 11.1 Å². The number of epoxide rings is 1. The zero-order valence-electron chi connectivity index (χ0n) is 8.40. The van der Waals surface area contributed by atoms with Crippen LogP contribution in [0.1, 0.15) is 5.01 Å². The number of aromatic nitrogens is 1. The number of hydrogen-bond donors (Lipinski definition) is 0. The Bertz CT molecular complexity index is 490.